The predicted molar refractivity (Wildman–Crippen MR) is 70.5 cm³/mol. The molecule has 0 saturated heterocycles. The summed E-state index contributed by atoms with van der Waals surface area (Å²) in [4.78, 5) is 8.21. The number of aromatic nitrogens is 2. The van der Waals surface area contributed by atoms with Gasteiger partial charge in [-0.3, -0.25) is 5.43 Å². The Bertz CT molecular complexity index is 542. The zero-order valence-electron chi connectivity index (χ0n) is 10.5. The Morgan fingerprint density at radius 2 is 2.11 bits per heavy atom. The fourth-order valence-corrected chi connectivity index (χ4v) is 1.60. The number of hydrazine groups is 1. The number of hydrogen-bond acceptors (Lipinski definition) is 5. The van der Waals surface area contributed by atoms with Crippen LogP contribution in [0.2, 0.25) is 0 Å². The molecular weight excluding hydrogens is 228 g/mol. The molecule has 0 radical (unpaired) electrons. The number of benzene rings is 1. The summed E-state index contributed by atoms with van der Waals surface area (Å²) in [5.74, 6) is 6.95. The molecule has 0 bridgehead atoms. The Balaban J connectivity index is 2.33. The molecule has 0 aliphatic rings. The van der Waals surface area contributed by atoms with Gasteiger partial charge in [0.2, 0.25) is 11.8 Å². The van der Waals surface area contributed by atoms with E-state index >= 15 is 0 Å². The lowest BCUT2D eigenvalue weighted by atomic mass is 10.1. The van der Waals surface area contributed by atoms with E-state index in [-0.39, 0.29) is 0 Å². The van der Waals surface area contributed by atoms with Crippen LogP contribution in [0.5, 0.6) is 11.6 Å². The number of nitrogens with one attached hydrogen (secondary N) is 1. The van der Waals surface area contributed by atoms with Gasteiger partial charge in [0, 0.05) is 11.8 Å². The van der Waals surface area contributed by atoms with Gasteiger partial charge in [0.1, 0.15) is 5.75 Å². The third-order valence-corrected chi connectivity index (χ3v) is 2.61. The Hall–Kier alpha value is -2.14. The van der Waals surface area contributed by atoms with Gasteiger partial charge in [-0.25, -0.2) is 10.8 Å². The normalized spacial score (nSPS) is 10.2. The highest BCUT2D eigenvalue weighted by molar-refractivity contribution is 5.39. The molecule has 0 amide bonds. The summed E-state index contributed by atoms with van der Waals surface area (Å²) < 4.78 is 5.83. The van der Waals surface area contributed by atoms with Crippen LogP contribution in [0.3, 0.4) is 0 Å². The maximum atomic E-state index is 5.83. The van der Waals surface area contributed by atoms with Crippen LogP contribution in [0.1, 0.15) is 18.1 Å². The van der Waals surface area contributed by atoms with Crippen molar-refractivity contribution in [2.24, 2.45) is 5.84 Å². The van der Waals surface area contributed by atoms with Crippen molar-refractivity contribution in [1.82, 2.24) is 9.97 Å². The second-order valence-electron chi connectivity index (χ2n) is 3.89. The summed E-state index contributed by atoms with van der Waals surface area (Å²) in [6, 6.07) is 7.89. The Labute approximate surface area is 106 Å². The molecule has 0 unspecified atom stereocenters. The van der Waals surface area contributed by atoms with Gasteiger partial charge in [0.15, 0.2) is 0 Å². The Morgan fingerprint density at radius 3 is 2.83 bits per heavy atom. The fourth-order valence-electron chi connectivity index (χ4n) is 1.60. The molecule has 0 fully saturated rings. The van der Waals surface area contributed by atoms with Crippen LogP contribution < -0.4 is 16.0 Å². The van der Waals surface area contributed by atoms with Gasteiger partial charge in [-0.1, -0.05) is 25.1 Å². The number of anilines is 1. The van der Waals surface area contributed by atoms with E-state index in [0.717, 1.165) is 23.3 Å². The Morgan fingerprint density at radius 1 is 1.33 bits per heavy atom. The number of nitrogens with two attached hydrogens (primary N) is 1. The standard InChI is InChI=1S/C13H16N4O/c1-3-10-6-4-5-7-11(10)18-12-9(2)8-15-13(16-12)17-14/h4-8H,3,14H2,1-2H3,(H,15,16,17). The third-order valence-electron chi connectivity index (χ3n) is 2.61. The lowest BCUT2D eigenvalue weighted by Crippen LogP contribution is -2.11. The number of aryl methyl sites for hydroxylation is 2. The van der Waals surface area contributed by atoms with E-state index < -0.39 is 0 Å². The van der Waals surface area contributed by atoms with Crippen molar-refractivity contribution in [3.63, 3.8) is 0 Å². The van der Waals surface area contributed by atoms with E-state index in [1.165, 1.54) is 0 Å². The molecule has 1 aromatic heterocycles. The molecule has 0 spiro atoms. The average Bonchev–Trinajstić information content (AvgIpc) is 2.42. The molecule has 18 heavy (non-hydrogen) atoms. The molecule has 0 atom stereocenters. The molecule has 0 saturated carbocycles. The molecule has 1 heterocycles. The minimum Gasteiger partial charge on any atom is -0.438 e. The largest absolute Gasteiger partial charge is 0.438 e. The summed E-state index contributed by atoms with van der Waals surface area (Å²) in [6.07, 6.45) is 2.58. The summed E-state index contributed by atoms with van der Waals surface area (Å²) >= 11 is 0. The molecule has 3 N–H and O–H groups in total. The van der Waals surface area contributed by atoms with Crippen molar-refractivity contribution in [3.8, 4) is 11.6 Å². The first-order chi connectivity index (χ1) is 8.74. The summed E-state index contributed by atoms with van der Waals surface area (Å²) in [5, 5.41) is 0. The van der Waals surface area contributed by atoms with Crippen molar-refractivity contribution in [2.75, 3.05) is 5.43 Å². The number of rotatable bonds is 4. The van der Waals surface area contributed by atoms with Gasteiger partial charge in [0.05, 0.1) is 0 Å². The maximum Gasteiger partial charge on any atom is 0.240 e. The number of nitrogen functional groups attached to an aromatic ring is 1. The summed E-state index contributed by atoms with van der Waals surface area (Å²) in [7, 11) is 0. The summed E-state index contributed by atoms with van der Waals surface area (Å²) in [5.41, 5.74) is 4.40. The number of ether oxygens (including phenoxy) is 1. The van der Waals surface area contributed by atoms with Gasteiger partial charge >= 0.3 is 0 Å². The van der Waals surface area contributed by atoms with Crippen molar-refractivity contribution in [3.05, 3.63) is 41.6 Å². The van der Waals surface area contributed by atoms with Gasteiger partial charge in [-0.2, -0.15) is 4.98 Å². The average molecular weight is 244 g/mol. The van der Waals surface area contributed by atoms with Crippen molar-refractivity contribution in [2.45, 2.75) is 20.3 Å². The first-order valence-electron chi connectivity index (χ1n) is 5.80. The zero-order valence-corrected chi connectivity index (χ0v) is 10.5. The number of hydrogen-bond donors (Lipinski definition) is 2. The third kappa shape index (κ3) is 2.57. The van der Waals surface area contributed by atoms with Crippen LogP contribution in [0, 0.1) is 6.92 Å². The highest BCUT2D eigenvalue weighted by atomic mass is 16.5. The lowest BCUT2D eigenvalue weighted by molar-refractivity contribution is 0.453. The second-order valence-corrected chi connectivity index (χ2v) is 3.89. The topological polar surface area (TPSA) is 73.1 Å². The number of para-hydroxylation sites is 1. The molecule has 2 rings (SSSR count). The minimum absolute atomic E-state index is 0.338. The van der Waals surface area contributed by atoms with E-state index in [2.05, 4.69) is 22.3 Å². The lowest BCUT2D eigenvalue weighted by Gasteiger charge is -2.11. The van der Waals surface area contributed by atoms with E-state index in [9.17, 15) is 0 Å². The van der Waals surface area contributed by atoms with Crippen LogP contribution in [-0.2, 0) is 6.42 Å². The van der Waals surface area contributed by atoms with E-state index in [4.69, 9.17) is 10.6 Å². The molecule has 94 valence electrons. The van der Waals surface area contributed by atoms with Crippen LogP contribution >= 0.6 is 0 Å². The predicted octanol–water partition coefficient (Wildman–Crippen LogP) is 2.43. The van der Waals surface area contributed by atoms with Crippen molar-refractivity contribution < 1.29 is 4.74 Å². The van der Waals surface area contributed by atoms with Crippen LogP contribution in [0.25, 0.3) is 0 Å². The summed E-state index contributed by atoms with van der Waals surface area (Å²) in [6.45, 7) is 3.98. The highest BCUT2D eigenvalue weighted by Crippen LogP contribution is 2.26. The molecule has 5 heteroatoms. The molecule has 1 aromatic carbocycles. The second kappa shape index (κ2) is 5.46. The molecule has 5 nitrogen and oxygen atoms in total. The first kappa shape index (κ1) is 12.3. The van der Waals surface area contributed by atoms with E-state index in [1.807, 2.05) is 31.2 Å². The zero-order chi connectivity index (χ0) is 13.0. The van der Waals surface area contributed by atoms with E-state index in [0.29, 0.717) is 11.8 Å². The van der Waals surface area contributed by atoms with Crippen molar-refractivity contribution in [1.29, 1.82) is 0 Å². The van der Waals surface area contributed by atoms with Gasteiger partial charge in [-0.05, 0) is 25.0 Å². The first-order valence-corrected chi connectivity index (χ1v) is 5.80. The highest BCUT2D eigenvalue weighted by Gasteiger charge is 2.08. The van der Waals surface area contributed by atoms with Crippen molar-refractivity contribution >= 4 is 5.95 Å². The fraction of sp³-hybridized carbons (Fsp3) is 0.231. The van der Waals surface area contributed by atoms with Gasteiger partial charge in [-0.15, -0.1) is 0 Å². The maximum absolute atomic E-state index is 5.83. The molecule has 0 aliphatic heterocycles. The van der Waals surface area contributed by atoms with Gasteiger partial charge < -0.3 is 4.74 Å². The molecular formula is C13H16N4O. The monoisotopic (exact) mass is 244 g/mol. The molecule has 2 aromatic rings. The van der Waals surface area contributed by atoms with E-state index in [1.54, 1.807) is 6.20 Å². The smallest absolute Gasteiger partial charge is 0.240 e. The van der Waals surface area contributed by atoms with Crippen LogP contribution in [0.15, 0.2) is 30.5 Å². The minimum atomic E-state index is 0.338. The van der Waals surface area contributed by atoms with Crippen LogP contribution in [0.4, 0.5) is 5.95 Å². The Kier molecular flexibility index (Phi) is 3.74. The number of nitrogens with zero attached hydrogens (tertiary/aromatic N) is 2. The SMILES string of the molecule is CCc1ccccc1Oc1nc(NN)ncc1C. The van der Waals surface area contributed by atoms with Gasteiger partial charge in [0.25, 0.3) is 0 Å². The quantitative estimate of drug-likeness (QED) is 0.638. The van der Waals surface area contributed by atoms with Crippen LogP contribution in [-0.4, -0.2) is 9.97 Å². The molecule has 0 aliphatic carbocycles.